The van der Waals surface area contributed by atoms with Crippen molar-refractivity contribution in [3.8, 4) is 0 Å². The normalized spacial score (nSPS) is 12.2. The summed E-state index contributed by atoms with van der Waals surface area (Å²) in [4.78, 5) is 0. The first-order chi connectivity index (χ1) is 9.11. The van der Waals surface area contributed by atoms with Gasteiger partial charge < -0.3 is 10.4 Å². The van der Waals surface area contributed by atoms with E-state index in [0.29, 0.717) is 21.8 Å². The number of aliphatic hydroxyl groups excluding tert-OH is 1. The van der Waals surface area contributed by atoms with Crippen molar-refractivity contribution in [1.82, 2.24) is 0 Å². The highest BCUT2D eigenvalue weighted by Crippen LogP contribution is 2.26. The van der Waals surface area contributed by atoms with E-state index in [1.807, 2.05) is 18.2 Å². The van der Waals surface area contributed by atoms with Crippen LogP contribution in [-0.4, -0.2) is 11.7 Å². The standard InChI is InChI=1S/C15H15ClFNO/c1-10-6-7-11(8-13(10)17)15(9-19)18-14-5-3-2-4-12(14)16/h2-8,15,18-19H,9H2,1H3. The maximum Gasteiger partial charge on any atom is 0.126 e. The molecule has 0 aromatic heterocycles. The number of hydrogen-bond acceptors (Lipinski definition) is 2. The van der Waals surface area contributed by atoms with Crippen LogP contribution in [0.3, 0.4) is 0 Å². The first-order valence-electron chi connectivity index (χ1n) is 6.00. The van der Waals surface area contributed by atoms with E-state index >= 15 is 0 Å². The van der Waals surface area contributed by atoms with Crippen LogP contribution in [-0.2, 0) is 0 Å². The number of hydrogen-bond donors (Lipinski definition) is 2. The maximum absolute atomic E-state index is 13.6. The van der Waals surface area contributed by atoms with Gasteiger partial charge in [-0.2, -0.15) is 0 Å². The lowest BCUT2D eigenvalue weighted by Crippen LogP contribution is -2.15. The van der Waals surface area contributed by atoms with Gasteiger partial charge in [-0.05, 0) is 36.2 Å². The van der Waals surface area contributed by atoms with E-state index in [1.54, 1.807) is 25.1 Å². The van der Waals surface area contributed by atoms with Gasteiger partial charge in [-0.15, -0.1) is 0 Å². The van der Waals surface area contributed by atoms with E-state index < -0.39 is 6.04 Å². The lowest BCUT2D eigenvalue weighted by atomic mass is 10.0. The monoisotopic (exact) mass is 279 g/mol. The van der Waals surface area contributed by atoms with Crippen molar-refractivity contribution in [3.63, 3.8) is 0 Å². The molecule has 2 rings (SSSR count). The molecule has 0 saturated carbocycles. The van der Waals surface area contributed by atoms with Crippen molar-refractivity contribution in [3.05, 3.63) is 64.4 Å². The highest BCUT2D eigenvalue weighted by atomic mass is 35.5. The number of aliphatic hydroxyl groups is 1. The molecular formula is C15H15ClFNO. The molecule has 0 radical (unpaired) electrons. The smallest absolute Gasteiger partial charge is 0.126 e. The third kappa shape index (κ3) is 3.25. The van der Waals surface area contributed by atoms with Crippen LogP contribution in [0, 0.1) is 12.7 Å². The minimum Gasteiger partial charge on any atom is -0.394 e. The van der Waals surface area contributed by atoms with Crippen molar-refractivity contribution >= 4 is 17.3 Å². The van der Waals surface area contributed by atoms with E-state index in [4.69, 9.17) is 11.6 Å². The van der Waals surface area contributed by atoms with Gasteiger partial charge in [-0.25, -0.2) is 4.39 Å². The quantitative estimate of drug-likeness (QED) is 0.889. The van der Waals surface area contributed by atoms with Gasteiger partial charge in [-0.3, -0.25) is 0 Å². The molecule has 2 aromatic rings. The zero-order valence-electron chi connectivity index (χ0n) is 10.5. The van der Waals surface area contributed by atoms with Gasteiger partial charge in [0, 0.05) is 0 Å². The predicted molar refractivity (Wildman–Crippen MR) is 76.0 cm³/mol. The Morgan fingerprint density at radius 1 is 1.26 bits per heavy atom. The molecule has 100 valence electrons. The van der Waals surface area contributed by atoms with Crippen molar-refractivity contribution in [1.29, 1.82) is 0 Å². The fraction of sp³-hybridized carbons (Fsp3) is 0.200. The number of benzene rings is 2. The molecule has 0 spiro atoms. The van der Waals surface area contributed by atoms with E-state index in [0.717, 1.165) is 0 Å². The summed E-state index contributed by atoms with van der Waals surface area (Å²) in [5.74, 6) is -0.281. The second-order valence-electron chi connectivity index (χ2n) is 4.37. The molecule has 0 bridgehead atoms. The van der Waals surface area contributed by atoms with Gasteiger partial charge in [-0.1, -0.05) is 35.9 Å². The third-order valence-electron chi connectivity index (χ3n) is 2.98. The predicted octanol–water partition coefficient (Wildman–Crippen LogP) is 3.93. The molecule has 0 saturated heterocycles. The molecule has 1 atom stereocenters. The van der Waals surface area contributed by atoms with Crippen molar-refractivity contribution in [2.45, 2.75) is 13.0 Å². The third-order valence-corrected chi connectivity index (χ3v) is 3.31. The number of aryl methyl sites for hydroxylation is 1. The van der Waals surface area contributed by atoms with Gasteiger partial charge in [0.05, 0.1) is 23.4 Å². The molecule has 0 aliphatic rings. The molecule has 19 heavy (non-hydrogen) atoms. The summed E-state index contributed by atoms with van der Waals surface area (Å²) in [5, 5.41) is 13.1. The fourth-order valence-corrected chi connectivity index (χ4v) is 2.02. The topological polar surface area (TPSA) is 32.3 Å². The summed E-state index contributed by atoms with van der Waals surface area (Å²) in [7, 11) is 0. The number of halogens is 2. The van der Waals surface area contributed by atoms with Crippen molar-refractivity contribution in [2.75, 3.05) is 11.9 Å². The van der Waals surface area contributed by atoms with E-state index in [1.165, 1.54) is 6.07 Å². The van der Waals surface area contributed by atoms with Crippen LogP contribution in [0.4, 0.5) is 10.1 Å². The van der Waals surface area contributed by atoms with E-state index in [2.05, 4.69) is 5.32 Å². The average molecular weight is 280 g/mol. The zero-order valence-corrected chi connectivity index (χ0v) is 11.3. The van der Waals surface area contributed by atoms with E-state index in [9.17, 15) is 9.50 Å². The summed E-state index contributed by atoms with van der Waals surface area (Å²) < 4.78 is 13.6. The van der Waals surface area contributed by atoms with Crippen LogP contribution in [0.2, 0.25) is 5.02 Å². The molecule has 2 aromatic carbocycles. The molecule has 0 amide bonds. The fourth-order valence-electron chi connectivity index (χ4n) is 1.83. The molecule has 0 aliphatic carbocycles. The molecule has 0 heterocycles. The number of para-hydroxylation sites is 1. The van der Waals surface area contributed by atoms with Crippen LogP contribution in [0.25, 0.3) is 0 Å². The van der Waals surface area contributed by atoms with Crippen LogP contribution in [0.1, 0.15) is 17.2 Å². The lowest BCUT2D eigenvalue weighted by Gasteiger charge is -2.19. The Morgan fingerprint density at radius 3 is 2.63 bits per heavy atom. The molecular weight excluding hydrogens is 265 g/mol. The first kappa shape index (κ1) is 13.8. The van der Waals surface area contributed by atoms with Crippen LogP contribution in [0.5, 0.6) is 0 Å². The summed E-state index contributed by atoms with van der Waals surface area (Å²) in [5.41, 5.74) is 1.98. The minimum absolute atomic E-state index is 0.145. The van der Waals surface area contributed by atoms with Gasteiger partial charge in [0.25, 0.3) is 0 Å². The molecule has 1 unspecified atom stereocenters. The summed E-state index contributed by atoms with van der Waals surface area (Å²) in [6.07, 6.45) is 0. The van der Waals surface area contributed by atoms with E-state index in [-0.39, 0.29) is 12.4 Å². The minimum atomic E-state index is -0.394. The molecule has 2 N–H and O–H groups in total. The Morgan fingerprint density at radius 2 is 2.00 bits per heavy atom. The second-order valence-corrected chi connectivity index (χ2v) is 4.78. The zero-order chi connectivity index (χ0) is 13.8. The summed E-state index contributed by atoms with van der Waals surface area (Å²) >= 11 is 6.05. The Bertz CT molecular complexity index is 574. The van der Waals surface area contributed by atoms with Crippen LogP contribution >= 0.6 is 11.6 Å². The molecule has 4 heteroatoms. The molecule has 0 aliphatic heterocycles. The van der Waals surface area contributed by atoms with Crippen molar-refractivity contribution in [2.24, 2.45) is 0 Å². The SMILES string of the molecule is Cc1ccc(C(CO)Nc2ccccc2Cl)cc1F. The van der Waals surface area contributed by atoms with Crippen LogP contribution in [0.15, 0.2) is 42.5 Å². The highest BCUT2D eigenvalue weighted by Gasteiger charge is 2.13. The Kier molecular flexibility index (Phi) is 4.40. The second kappa shape index (κ2) is 6.04. The highest BCUT2D eigenvalue weighted by molar-refractivity contribution is 6.33. The Labute approximate surface area is 116 Å². The van der Waals surface area contributed by atoms with Crippen molar-refractivity contribution < 1.29 is 9.50 Å². The Hall–Kier alpha value is -1.58. The lowest BCUT2D eigenvalue weighted by molar-refractivity contribution is 0.276. The molecule has 0 fully saturated rings. The molecule has 2 nitrogen and oxygen atoms in total. The summed E-state index contributed by atoms with van der Waals surface area (Å²) in [6.45, 7) is 1.56. The first-order valence-corrected chi connectivity index (χ1v) is 6.37. The maximum atomic E-state index is 13.6. The van der Waals surface area contributed by atoms with Gasteiger partial charge in [0.1, 0.15) is 5.82 Å². The van der Waals surface area contributed by atoms with Gasteiger partial charge in [0.2, 0.25) is 0 Å². The average Bonchev–Trinajstić information content (AvgIpc) is 2.41. The largest absolute Gasteiger partial charge is 0.394 e. The van der Waals surface area contributed by atoms with Gasteiger partial charge >= 0.3 is 0 Å². The summed E-state index contributed by atoms with van der Waals surface area (Å²) in [6, 6.07) is 11.8. The van der Waals surface area contributed by atoms with Gasteiger partial charge in [0.15, 0.2) is 0 Å². The number of anilines is 1. The Balaban J connectivity index is 2.25. The number of rotatable bonds is 4. The number of nitrogens with one attached hydrogen (secondary N) is 1. The van der Waals surface area contributed by atoms with Crippen LogP contribution < -0.4 is 5.32 Å².